The minimum absolute atomic E-state index is 0.0694. The molecule has 0 amide bonds. The van der Waals surface area contributed by atoms with Gasteiger partial charge in [0.05, 0.1) is 11.7 Å². The van der Waals surface area contributed by atoms with E-state index in [0.29, 0.717) is 5.69 Å². The van der Waals surface area contributed by atoms with Crippen molar-refractivity contribution in [3.63, 3.8) is 0 Å². The number of aliphatic hydroxyl groups is 1. The number of alkyl halides is 3. The van der Waals surface area contributed by atoms with Crippen molar-refractivity contribution in [1.82, 2.24) is 5.32 Å². The van der Waals surface area contributed by atoms with Crippen molar-refractivity contribution in [2.75, 3.05) is 32.6 Å². The fraction of sp³-hybridized carbons (Fsp3) is 0.500. The van der Waals surface area contributed by atoms with E-state index >= 15 is 0 Å². The average Bonchev–Trinajstić information content (AvgIpc) is 2.27. The van der Waals surface area contributed by atoms with Gasteiger partial charge in [0.1, 0.15) is 0 Å². The second-order valence-corrected chi connectivity index (χ2v) is 4.24. The number of aliphatic hydroxyl groups excluding tert-OH is 1. The molecular formula is C12H17F3N2O. The zero-order chi connectivity index (χ0) is 13.9. The number of nitrogens with one attached hydrogen (secondary N) is 1. The van der Waals surface area contributed by atoms with E-state index in [9.17, 15) is 18.3 Å². The molecule has 0 saturated carbocycles. The van der Waals surface area contributed by atoms with E-state index in [0.717, 1.165) is 6.07 Å². The van der Waals surface area contributed by atoms with Crippen molar-refractivity contribution in [3.05, 3.63) is 29.3 Å². The molecular weight excluding hydrogens is 245 g/mol. The molecule has 6 heteroatoms. The van der Waals surface area contributed by atoms with Crippen molar-refractivity contribution in [3.8, 4) is 0 Å². The highest BCUT2D eigenvalue weighted by atomic mass is 19.4. The molecule has 102 valence electrons. The van der Waals surface area contributed by atoms with Crippen LogP contribution < -0.4 is 10.2 Å². The summed E-state index contributed by atoms with van der Waals surface area (Å²) in [7, 11) is 5.04. The molecule has 0 aliphatic heterocycles. The molecule has 0 heterocycles. The molecule has 1 aromatic rings. The zero-order valence-corrected chi connectivity index (χ0v) is 10.5. The second kappa shape index (κ2) is 5.58. The number of likely N-dealkylation sites (N-methyl/N-ethyl adjacent to an activating group) is 1. The maximum Gasteiger partial charge on any atom is 0.416 e. The van der Waals surface area contributed by atoms with E-state index in [4.69, 9.17) is 0 Å². The second-order valence-electron chi connectivity index (χ2n) is 4.24. The number of anilines is 1. The molecule has 0 spiro atoms. The average molecular weight is 262 g/mol. The van der Waals surface area contributed by atoms with Crippen LogP contribution in [0.3, 0.4) is 0 Å². The van der Waals surface area contributed by atoms with Gasteiger partial charge in [-0.2, -0.15) is 13.2 Å². The van der Waals surface area contributed by atoms with Crippen LogP contribution in [-0.4, -0.2) is 32.8 Å². The topological polar surface area (TPSA) is 35.5 Å². The van der Waals surface area contributed by atoms with Gasteiger partial charge >= 0.3 is 6.18 Å². The normalized spacial score (nSPS) is 13.5. The molecule has 0 saturated heterocycles. The molecule has 0 fully saturated rings. The Labute approximate surface area is 104 Å². The molecule has 0 aromatic heterocycles. The van der Waals surface area contributed by atoms with Gasteiger partial charge < -0.3 is 15.3 Å². The Morgan fingerprint density at radius 3 is 2.39 bits per heavy atom. The van der Waals surface area contributed by atoms with Gasteiger partial charge in [0.2, 0.25) is 0 Å². The Bertz CT molecular complexity index is 405. The molecule has 1 rings (SSSR count). The maximum atomic E-state index is 12.8. The lowest BCUT2D eigenvalue weighted by Gasteiger charge is -2.21. The molecule has 0 aliphatic carbocycles. The third-order valence-electron chi connectivity index (χ3n) is 2.61. The first kappa shape index (κ1) is 14.8. The SMILES string of the molecule is CNCC(O)c1cc(N(C)C)ccc1C(F)(F)F. The van der Waals surface area contributed by atoms with Crippen LogP contribution in [0.5, 0.6) is 0 Å². The minimum Gasteiger partial charge on any atom is -0.387 e. The van der Waals surface area contributed by atoms with Gasteiger partial charge in [-0.3, -0.25) is 0 Å². The van der Waals surface area contributed by atoms with E-state index in [-0.39, 0.29) is 12.1 Å². The number of hydrogen-bond donors (Lipinski definition) is 2. The number of hydrogen-bond acceptors (Lipinski definition) is 3. The van der Waals surface area contributed by atoms with Crippen molar-refractivity contribution < 1.29 is 18.3 Å². The summed E-state index contributed by atoms with van der Waals surface area (Å²) in [5.74, 6) is 0. The highest BCUT2D eigenvalue weighted by Crippen LogP contribution is 2.36. The predicted molar refractivity (Wildman–Crippen MR) is 64.7 cm³/mol. The molecule has 1 unspecified atom stereocenters. The first-order valence-corrected chi connectivity index (χ1v) is 5.48. The van der Waals surface area contributed by atoms with Gasteiger partial charge in [-0.05, 0) is 30.8 Å². The van der Waals surface area contributed by atoms with E-state index in [1.54, 1.807) is 26.0 Å². The summed E-state index contributed by atoms with van der Waals surface area (Å²) < 4.78 is 38.5. The third-order valence-corrected chi connectivity index (χ3v) is 2.61. The maximum absolute atomic E-state index is 12.8. The number of rotatable bonds is 4. The Morgan fingerprint density at radius 2 is 1.94 bits per heavy atom. The van der Waals surface area contributed by atoms with Gasteiger partial charge in [-0.15, -0.1) is 0 Å². The van der Waals surface area contributed by atoms with Crippen LogP contribution in [0, 0.1) is 0 Å². The van der Waals surface area contributed by atoms with Crippen LogP contribution in [0.25, 0.3) is 0 Å². The lowest BCUT2D eigenvalue weighted by molar-refractivity contribution is -0.139. The molecule has 1 aromatic carbocycles. The van der Waals surface area contributed by atoms with Crippen molar-refractivity contribution in [1.29, 1.82) is 0 Å². The van der Waals surface area contributed by atoms with Crippen LogP contribution >= 0.6 is 0 Å². The fourth-order valence-electron chi connectivity index (χ4n) is 1.67. The third kappa shape index (κ3) is 3.36. The van der Waals surface area contributed by atoms with Crippen molar-refractivity contribution in [2.24, 2.45) is 0 Å². The Morgan fingerprint density at radius 1 is 1.33 bits per heavy atom. The Hall–Kier alpha value is -1.27. The van der Waals surface area contributed by atoms with E-state index in [1.165, 1.54) is 12.1 Å². The van der Waals surface area contributed by atoms with Crippen LogP contribution in [0.2, 0.25) is 0 Å². The van der Waals surface area contributed by atoms with Crippen LogP contribution in [0.1, 0.15) is 17.2 Å². The molecule has 18 heavy (non-hydrogen) atoms. The van der Waals surface area contributed by atoms with Gasteiger partial charge in [-0.1, -0.05) is 0 Å². The number of nitrogens with zero attached hydrogens (tertiary/aromatic N) is 1. The summed E-state index contributed by atoms with van der Waals surface area (Å²) in [6, 6.07) is 3.76. The smallest absolute Gasteiger partial charge is 0.387 e. The highest BCUT2D eigenvalue weighted by Gasteiger charge is 2.35. The lowest BCUT2D eigenvalue weighted by Crippen LogP contribution is -2.21. The van der Waals surface area contributed by atoms with E-state index in [2.05, 4.69) is 5.32 Å². The Kier molecular flexibility index (Phi) is 4.59. The van der Waals surface area contributed by atoms with E-state index < -0.39 is 17.8 Å². The van der Waals surface area contributed by atoms with Crippen LogP contribution in [0.15, 0.2) is 18.2 Å². The summed E-state index contributed by atoms with van der Waals surface area (Å²) in [5.41, 5.74) is -0.285. The minimum atomic E-state index is -4.46. The lowest BCUT2D eigenvalue weighted by atomic mass is 10.0. The highest BCUT2D eigenvalue weighted by molar-refractivity contribution is 5.51. The summed E-state index contributed by atoms with van der Waals surface area (Å²) in [6.45, 7) is 0.0694. The standard InChI is InChI=1S/C12H17F3N2O/c1-16-7-11(18)9-6-8(17(2)3)4-5-10(9)12(13,14)15/h4-6,11,16,18H,7H2,1-3H3. The first-order chi connectivity index (χ1) is 8.27. The van der Waals surface area contributed by atoms with Gasteiger partial charge in [0.25, 0.3) is 0 Å². The Balaban J connectivity index is 3.26. The van der Waals surface area contributed by atoms with Crippen molar-refractivity contribution in [2.45, 2.75) is 12.3 Å². The molecule has 2 N–H and O–H groups in total. The van der Waals surface area contributed by atoms with Crippen molar-refractivity contribution >= 4 is 5.69 Å². The summed E-state index contributed by atoms with van der Waals surface area (Å²) in [4.78, 5) is 1.69. The number of halogens is 3. The summed E-state index contributed by atoms with van der Waals surface area (Å²) in [6.07, 6.45) is -5.65. The van der Waals surface area contributed by atoms with Gasteiger partial charge in [-0.25, -0.2) is 0 Å². The monoisotopic (exact) mass is 262 g/mol. The molecule has 3 nitrogen and oxygen atoms in total. The summed E-state index contributed by atoms with van der Waals surface area (Å²) >= 11 is 0. The van der Waals surface area contributed by atoms with Gasteiger partial charge in [0, 0.05) is 26.3 Å². The molecule has 1 atom stereocenters. The quantitative estimate of drug-likeness (QED) is 0.871. The molecule has 0 radical (unpaired) electrons. The van der Waals surface area contributed by atoms with Gasteiger partial charge in [0.15, 0.2) is 0 Å². The van der Waals surface area contributed by atoms with Crippen LogP contribution in [-0.2, 0) is 6.18 Å². The van der Waals surface area contributed by atoms with E-state index in [1.807, 2.05) is 0 Å². The zero-order valence-electron chi connectivity index (χ0n) is 10.5. The largest absolute Gasteiger partial charge is 0.416 e. The number of benzene rings is 1. The summed E-state index contributed by atoms with van der Waals surface area (Å²) in [5, 5.41) is 12.5. The molecule has 0 aliphatic rings. The predicted octanol–water partition coefficient (Wildman–Crippen LogP) is 2.02. The first-order valence-electron chi connectivity index (χ1n) is 5.48. The van der Waals surface area contributed by atoms with Crippen LogP contribution in [0.4, 0.5) is 18.9 Å². The fourth-order valence-corrected chi connectivity index (χ4v) is 1.67. The molecule has 0 bridgehead atoms.